The first-order valence-electron chi connectivity index (χ1n) is 7.24. The Kier molecular flexibility index (Phi) is 3.09. The molecule has 3 heterocycles. The van der Waals surface area contributed by atoms with Gasteiger partial charge in [0.2, 0.25) is 0 Å². The predicted octanol–water partition coefficient (Wildman–Crippen LogP) is 3.65. The molecule has 24 heavy (non-hydrogen) atoms. The number of benzene rings is 1. The van der Waals surface area contributed by atoms with Crippen LogP contribution in [0.5, 0.6) is 0 Å². The average Bonchev–Trinajstić information content (AvgIpc) is 3.12. The summed E-state index contributed by atoms with van der Waals surface area (Å²) in [7, 11) is 0. The number of carbonyl (C=O) groups is 1. The van der Waals surface area contributed by atoms with E-state index in [-0.39, 0.29) is 5.91 Å². The molecule has 0 aliphatic rings. The van der Waals surface area contributed by atoms with Crippen molar-refractivity contribution in [2.24, 2.45) is 0 Å². The Labute approximate surface area is 134 Å². The maximum Gasteiger partial charge on any atom is 0.259 e. The zero-order valence-electron chi connectivity index (χ0n) is 12.6. The van der Waals surface area contributed by atoms with E-state index in [0.717, 1.165) is 17.7 Å². The van der Waals surface area contributed by atoms with Crippen LogP contribution in [0.15, 0.2) is 42.9 Å². The minimum absolute atomic E-state index is 0.375. The van der Waals surface area contributed by atoms with Crippen molar-refractivity contribution in [1.29, 1.82) is 0 Å². The van der Waals surface area contributed by atoms with Crippen molar-refractivity contribution >= 4 is 28.0 Å². The molecule has 0 aliphatic heterocycles. The SMILES string of the molecule is Cc1ccc2c(C(=O)Nc3c[nH]c4cc(F)c(F)cc34)cnn2c1. The number of anilines is 1. The van der Waals surface area contributed by atoms with Gasteiger partial charge in [-0.25, -0.2) is 13.3 Å². The minimum Gasteiger partial charge on any atom is -0.359 e. The van der Waals surface area contributed by atoms with Gasteiger partial charge in [-0.05, 0) is 24.6 Å². The molecule has 0 radical (unpaired) electrons. The number of carbonyl (C=O) groups excluding carboxylic acids is 1. The molecule has 7 heteroatoms. The largest absolute Gasteiger partial charge is 0.359 e. The second kappa shape index (κ2) is 5.16. The molecule has 0 saturated carbocycles. The number of nitrogens with one attached hydrogen (secondary N) is 2. The molecule has 5 nitrogen and oxygen atoms in total. The number of aryl methyl sites for hydroxylation is 1. The lowest BCUT2D eigenvalue weighted by molar-refractivity contribution is 0.102. The summed E-state index contributed by atoms with van der Waals surface area (Å²) in [5.74, 6) is -2.29. The van der Waals surface area contributed by atoms with Gasteiger partial charge in [0.1, 0.15) is 0 Å². The van der Waals surface area contributed by atoms with Crippen LogP contribution in [-0.4, -0.2) is 20.5 Å². The first kappa shape index (κ1) is 14.4. The van der Waals surface area contributed by atoms with Crippen LogP contribution in [0.25, 0.3) is 16.4 Å². The molecule has 120 valence electrons. The van der Waals surface area contributed by atoms with Gasteiger partial charge >= 0.3 is 0 Å². The van der Waals surface area contributed by atoms with Crippen LogP contribution >= 0.6 is 0 Å². The molecule has 0 spiro atoms. The van der Waals surface area contributed by atoms with E-state index in [1.165, 1.54) is 12.4 Å². The maximum atomic E-state index is 13.4. The van der Waals surface area contributed by atoms with Crippen molar-refractivity contribution in [1.82, 2.24) is 14.6 Å². The highest BCUT2D eigenvalue weighted by molar-refractivity contribution is 6.12. The summed E-state index contributed by atoms with van der Waals surface area (Å²) >= 11 is 0. The smallest absolute Gasteiger partial charge is 0.259 e. The lowest BCUT2D eigenvalue weighted by atomic mass is 10.2. The summed E-state index contributed by atoms with van der Waals surface area (Å²) < 4.78 is 28.3. The third kappa shape index (κ3) is 2.21. The fraction of sp³-hybridized carbons (Fsp3) is 0.0588. The Morgan fingerprint density at radius 3 is 2.88 bits per heavy atom. The number of amides is 1. The van der Waals surface area contributed by atoms with Crippen LogP contribution in [0, 0.1) is 18.6 Å². The zero-order valence-corrected chi connectivity index (χ0v) is 12.6. The number of aromatic amines is 1. The molecular formula is C17H12F2N4O. The molecule has 0 atom stereocenters. The monoisotopic (exact) mass is 326 g/mol. The molecule has 0 bridgehead atoms. The Hall–Kier alpha value is -3.22. The first-order chi connectivity index (χ1) is 11.5. The van der Waals surface area contributed by atoms with Gasteiger partial charge < -0.3 is 10.3 Å². The van der Waals surface area contributed by atoms with Gasteiger partial charge in [0.25, 0.3) is 5.91 Å². The molecule has 0 fully saturated rings. The third-order valence-corrected chi connectivity index (χ3v) is 3.88. The Balaban J connectivity index is 1.72. The molecule has 0 aliphatic carbocycles. The number of H-pyrrole nitrogens is 1. The maximum absolute atomic E-state index is 13.4. The Morgan fingerprint density at radius 2 is 2.04 bits per heavy atom. The van der Waals surface area contributed by atoms with Crippen LogP contribution in [0.3, 0.4) is 0 Å². The van der Waals surface area contributed by atoms with Gasteiger partial charge in [0.15, 0.2) is 11.6 Å². The zero-order chi connectivity index (χ0) is 16.8. The van der Waals surface area contributed by atoms with Gasteiger partial charge in [-0.3, -0.25) is 4.79 Å². The molecule has 1 amide bonds. The van der Waals surface area contributed by atoms with Crippen molar-refractivity contribution in [3.8, 4) is 0 Å². The number of fused-ring (bicyclic) bond motifs is 2. The van der Waals surface area contributed by atoms with Crippen molar-refractivity contribution in [2.45, 2.75) is 6.92 Å². The second-order valence-electron chi connectivity index (χ2n) is 5.56. The van der Waals surface area contributed by atoms with E-state index in [9.17, 15) is 13.6 Å². The van der Waals surface area contributed by atoms with Gasteiger partial charge in [-0.1, -0.05) is 6.07 Å². The average molecular weight is 326 g/mol. The van der Waals surface area contributed by atoms with Gasteiger partial charge in [0.05, 0.1) is 28.5 Å². The van der Waals surface area contributed by atoms with E-state index in [1.807, 2.05) is 25.3 Å². The first-order valence-corrected chi connectivity index (χ1v) is 7.24. The number of pyridine rings is 1. The number of nitrogens with zero attached hydrogens (tertiary/aromatic N) is 2. The van der Waals surface area contributed by atoms with Gasteiger partial charge in [-0.15, -0.1) is 0 Å². The van der Waals surface area contributed by atoms with E-state index in [1.54, 1.807) is 4.52 Å². The van der Waals surface area contributed by atoms with Gasteiger partial charge in [-0.2, -0.15) is 5.10 Å². The fourth-order valence-corrected chi connectivity index (χ4v) is 2.67. The standard InChI is InChI=1S/C17H12F2N4O/c1-9-2-3-16-11(6-21-23(16)8-9)17(24)22-15-7-20-14-5-13(19)12(18)4-10(14)15/h2-8,20H,1H3,(H,22,24). The number of rotatable bonds is 2. The van der Waals surface area contributed by atoms with Crippen LogP contribution in [0.1, 0.15) is 15.9 Å². The lowest BCUT2D eigenvalue weighted by Gasteiger charge is -2.03. The number of hydrogen-bond donors (Lipinski definition) is 2. The summed E-state index contributed by atoms with van der Waals surface area (Å²) in [5, 5.41) is 7.26. The van der Waals surface area contributed by atoms with Crippen molar-refractivity contribution in [3.05, 3.63) is 65.6 Å². The second-order valence-corrected chi connectivity index (χ2v) is 5.56. The summed E-state index contributed by atoms with van der Waals surface area (Å²) in [6, 6.07) is 5.80. The van der Waals surface area contributed by atoms with Crippen LogP contribution in [-0.2, 0) is 0 Å². The predicted molar refractivity (Wildman–Crippen MR) is 86.1 cm³/mol. The Morgan fingerprint density at radius 1 is 1.25 bits per heavy atom. The molecule has 3 aromatic heterocycles. The molecule has 2 N–H and O–H groups in total. The topological polar surface area (TPSA) is 62.2 Å². The van der Waals surface area contributed by atoms with Crippen molar-refractivity contribution in [2.75, 3.05) is 5.32 Å². The molecule has 0 unspecified atom stereocenters. The van der Waals surface area contributed by atoms with Crippen LogP contribution < -0.4 is 5.32 Å². The molecule has 0 saturated heterocycles. The normalized spacial score (nSPS) is 11.3. The van der Waals surface area contributed by atoms with Crippen molar-refractivity contribution in [3.63, 3.8) is 0 Å². The van der Waals surface area contributed by atoms with Crippen LogP contribution in [0.4, 0.5) is 14.5 Å². The molecule has 4 rings (SSSR count). The number of hydrogen-bond acceptors (Lipinski definition) is 2. The van der Waals surface area contributed by atoms with E-state index in [4.69, 9.17) is 0 Å². The fourth-order valence-electron chi connectivity index (χ4n) is 2.67. The van der Waals surface area contributed by atoms with E-state index < -0.39 is 11.6 Å². The van der Waals surface area contributed by atoms with Crippen molar-refractivity contribution < 1.29 is 13.6 Å². The summed E-state index contributed by atoms with van der Waals surface area (Å²) in [6.45, 7) is 1.93. The van der Waals surface area contributed by atoms with E-state index >= 15 is 0 Å². The summed E-state index contributed by atoms with van der Waals surface area (Å²) in [4.78, 5) is 15.3. The highest BCUT2D eigenvalue weighted by atomic mass is 19.2. The third-order valence-electron chi connectivity index (χ3n) is 3.88. The number of aromatic nitrogens is 3. The van der Waals surface area contributed by atoms with Gasteiger partial charge in [0, 0.05) is 23.8 Å². The quantitative estimate of drug-likeness (QED) is 0.590. The highest BCUT2D eigenvalue weighted by Gasteiger charge is 2.16. The Bertz CT molecular complexity index is 1100. The highest BCUT2D eigenvalue weighted by Crippen LogP contribution is 2.26. The van der Waals surface area contributed by atoms with E-state index in [0.29, 0.717) is 27.7 Å². The molecule has 1 aromatic carbocycles. The minimum atomic E-state index is -0.968. The summed E-state index contributed by atoms with van der Waals surface area (Å²) in [5.41, 5.74) is 2.86. The number of halogens is 2. The summed E-state index contributed by atoms with van der Waals surface area (Å²) in [6.07, 6.45) is 4.78. The molecule has 4 aromatic rings. The lowest BCUT2D eigenvalue weighted by Crippen LogP contribution is -2.11. The van der Waals surface area contributed by atoms with Crippen LogP contribution in [0.2, 0.25) is 0 Å². The van der Waals surface area contributed by atoms with E-state index in [2.05, 4.69) is 15.4 Å². The molecular weight excluding hydrogens is 314 g/mol.